The number of carbonyl (C=O) groups excluding carboxylic acids is 2. The van der Waals surface area contributed by atoms with Crippen LogP contribution in [0.2, 0.25) is 0 Å². The first-order chi connectivity index (χ1) is 21.6. The molecular weight excluding hydrogens is 576 g/mol. The molecular formula is C35H40N2O8. The van der Waals surface area contributed by atoms with Gasteiger partial charge < -0.3 is 39.4 Å². The number of nitrogens with zero attached hydrogens (tertiary/aromatic N) is 1. The van der Waals surface area contributed by atoms with Gasteiger partial charge >= 0.3 is 0 Å². The van der Waals surface area contributed by atoms with E-state index in [-0.39, 0.29) is 23.7 Å². The van der Waals surface area contributed by atoms with Gasteiger partial charge in [0, 0.05) is 36.1 Å². The summed E-state index contributed by atoms with van der Waals surface area (Å²) in [5, 5.41) is 26.8. The van der Waals surface area contributed by atoms with Crippen LogP contribution in [0.5, 0.6) is 23.0 Å². The van der Waals surface area contributed by atoms with Gasteiger partial charge in [-0.15, -0.1) is 0 Å². The number of likely N-dealkylation sites (N-methyl/N-ethyl adjacent to an activating group) is 1. The Morgan fingerprint density at radius 1 is 0.800 bits per heavy atom. The van der Waals surface area contributed by atoms with E-state index in [2.05, 4.69) is 29.4 Å². The van der Waals surface area contributed by atoms with Crippen molar-refractivity contribution in [2.75, 3.05) is 34.4 Å². The molecule has 4 aliphatic heterocycles. The number of aliphatic hydroxyl groups is 2. The van der Waals surface area contributed by atoms with Gasteiger partial charge in [0.15, 0.2) is 46.8 Å². The normalized spacial score (nSPS) is 40.7. The fourth-order valence-electron chi connectivity index (χ4n) is 11.1. The second-order valence-electron chi connectivity index (χ2n) is 14.4. The summed E-state index contributed by atoms with van der Waals surface area (Å²) in [5.74, 6) is 2.92. The van der Waals surface area contributed by atoms with Crippen molar-refractivity contribution in [3.8, 4) is 23.0 Å². The number of likely N-dealkylation sites (tertiary alicyclic amines) is 1. The van der Waals surface area contributed by atoms with Crippen LogP contribution in [0.3, 0.4) is 0 Å². The molecule has 2 spiro atoms. The minimum absolute atomic E-state index is 0.00713. The highest BCUT2D eigenvalue weighted by atomic mass is 16.5. The fraction of sp³-hybridized carbons (Fsp3) is 0.600. The van der Waals surface area contributed by atoms with Crippen molar-refractivity contribution in [1.29, 1.82) is 0 Å². The summed E-state index contributed by atoms with van der Waals surface area (Å²) in [5.41, 5.74) is 1.44. The standard InChI is InChI=1S/C18H21NO4.C17H19NO4/c1-19-8-7-17-14-10-3-4-12(22-2)15(14)23-16(17)11(20)5-6-18(17,21)13(19)9-10;1-21-11-3-2-9-8-12-17(20)5-4-10(19)15-16(17,6-7-18-12)13(9)14(11)22-15/h3-4,13,16,21H,5-9H2,1-2H3;2-3,12,15,18,20H,4-8H2,1H3/t13-,16+,17+,18-;12-,15+,16+,17-/m11/s1. The molecule has 10 heteroatoms. The third-order valence-electron chi connectivity index (χ3n) is 13.0. The van der Waals surface area contributed by atoms with Crippen molar-refractivity contribution >= 4 is 11.6 Å². The van der Waals surface area contributed by atoms with Crippen LogP contribution in [-0.4, -0.2) is 96.5 Å². The van der Waals surface area contributed by atoms with Gasteiger partial charge in [0.1, 0.15) is 0 Å². The summed E-state index contributed by atoms with van der Waals surface area (Å²) in [7, 11) is 5.31. The molecule has 0 radical (unpaired) electrons. The Morgan fingerprint density at radius 2 is 1.36 bits per heavy atom. The molecule has 3 N–H and O–H groups in total. The Balaban J connectivity index is 0.000000125. The minimum Gasteiger partial charge on any atom is -0.493 e. The summed E-state index contributed by atoms with van der Waals surface area (Å²) < 4.78 is 23.2. The number of ketones is 2. The smallest absolute Gasteiger partial charge is 0.174 e. The van der Waals surface area contributed by atoms with Crippen LogP contribution in [0.25, 0.3) is 0 Å². The molecule has 45 heavy (non-hydrogen) atoms. The van der Waals surface area contributed by atoms with Crippen LogP contribution in [0.4, 0.5) is 0 Å². The predicted octanol–water partition coefficient (Wildman–Crippen LogP) is 1.75. The van der Waals surface area contributed by atoms with Crippen molar-refractivity contribution in [2.24, 2.45) is 0 Å². The molecule has 0 amide bonds. The maximum atomic E-state index is 12.7. The number of benzene rings is 2. The summed E-state index contributed by atoms with van der Waals surface area (Å²) in [6, 6.07) is 8.01. The number of rotatable bonds is 2. The maximum absolute atomic E-state index is 12.7. The van der Waals surface area contributed by atoms with Crippen molar-refractivity contribution in [3.05, 3.63) is 46.5 Å². The number of Topliss-reactive ketones (excluding diaryl/α,β-unsaturated/α-hetero) is 2. The first-order valence-electron chi connectivity index (χ1n) is 16.3. The van der Waals surface area contributed by atoms with Gasteiger partial charge in [-0.1, -0.05) is 12.1 Å². The SMILES string of the molecule is COc1ccc2c3c1O[C@H]1C(=O)CC[C@@]4(O)[C@@H](C2)N(C)CC[C@]314.COc1ccc2c3c1O[C@H]1C(=O)CC[C@@]4(O)[C@@H](C2)NCC[C@]314. The highest BCUT2D eigenvalue weighted by Crippen LogP contribution is 2.65. The van der Waals surface area contributed by atoms with E-state index in [1.807, 2.05) is 12.1 Å². The first kappa shape index (κ1) is 28.1. The molecule has 0 aromatic heterocycles. The van der Waals surface area contributed by atoms with Crippen molar-refractivity contribution in [2.45, 2.75) is 97.7 Å². The molecule has 2 saturated heterocycles. The molecule has 4 aliphatic carbocycles. The third kappa shape index (κ3) is 3.06. The molecule has 8 aliphatic rings. The quantitative estimate of drug-likeness (QED) is 0.460. The average molecular weight is 617 g/mol. The lowest BCUT2D eigenvalue weighted by Crippen LogP contribution is -2.76. The Labute approximate surface area is 262 Å². The monoisotopic (exact) mass is 616 g/mol. The second-order valence-corrected chi connectivity index (χ2v) is 14.4. The van der Waals surface area contributed by atoms with Crippen molar-refractivity contribution < 1.29 is 38.7 Å². The molecule has 0 unspecified atom stereocenters. The van der Waals surface area contributed by atoms with Crippen molar-refractivity contribution in [3.63, 3.8) is 0 Å². The molecule has 2 saturated carbocycles. The van der Waals surface area contributed by atoms with E-state index < -0.39 is 34.2 Å². The number of hydrogen-bond acceptors (Lipinski definition) is 10. The van der Waals surface area contributed by atoms with E-state index in [1.165, 1.54) is 11.1 Å². The van der Waals surface area contributed by atoms with E-state index in [9.17, 15) is 19.8 Å². The van der Waals surface area contributed by atoms with E-state index in [0.29, 0.717) is 48.7 Å². The van der Waals surface area contributed by atoms with Crippen LogP contribution in [-0.2, 0) is 33.3 Å². The third-order valence-corrected chi connectivity index (χ3v) is 13.0. The van der Waals surface area contributed by atoms with Crippen molar-refractivity contribution in [1.82, 2.24) is 10.2 Å². The van der Waals surface area contributed by atoms with Gasteiger partial charge in [-0.3, -0.25) is 9.59 Å². The predicted molar refractivity (Wildman–Crippen MR) is 161 cm³/mol. The number of nitrogens with one attached hydrogen (secondary N) is 1. The first-order valence-corrected chi connectivity index (χ1v) is 16.3. The van der Waals surface area contributed by atoms with E-state index in [4.69, 9.17) is 18.9 Å². The van der Waals surface area contributed by atoms with E-state index in [1.54, 1.807) is 14.2 Å². The maximum Gasteiger partial charge on any atom is 0.174 e. The minimum atomic E-state index is -0.908. The highest BCUT2D eigenvalue weighted by Gasteiger charge is 2.74. The topological polar surface area (TPSA) is 127 Å². The largest absolute Gasteiger partial charge is 0.493 e. The van der Waals surface area contributed by atoms with Gasteiger partial charge in [-0.05, 0) is 81.9 Å². The van der Waals surface area contributed by atoms with Crippen LogP contribution in [0.15, 0.2) is 24.3 Å². The molecule has 10 rings (SSSR count). The van der Waals surface area contributed by atoms with Crippen LogP contribution in [0, 0.1) is 0 Å². The number of piperidine rings is 2. The Bertz CT molecular complexity index is 1680. The second kappa shape index (κ2) is 9.00. The summed E-state index contributed by atoms with van der Waals surface area (Å²) in [6.45, 7) is 1.67. The van der Waals surface area contributed by atoms with Crippen LogP contribution < -0.4 is 24.3 Å². The molecule has 4 bridgehead atoms. The average Bonchev–Trinajstić information content (AvgIpc) is 3.57. The molecule has 4 heterocycles. The number of methoxy groups -OCH3 is 2. The zero-order valence-electron chi connectivity index (χ0n) is 26.0. The molecule has 2 aromatic rings. The molecule has 8 atom stereocenters. The molecule has 238 valence electrons. The zero-order valence-corrected chi connectivity index (χ0v) is 26.0. The van der Waals surface area contributed by atoms with E-state index in [0.717, 1.165) is 49.9 Å². The number of carbonyl (C=O) groups is 2. The Morgan fingerprint density at radius 3 is 1.96 bits per heavy atom. The molecule has 4 fully saturated rings. The van der Waals surface area contributed by atoms with Gasteiger partial charge in [-0.25, -0.2) is 0 Å². The van der Waals surface area contributed by atoms with Gasteiger partial charge in [0.25, 0.3) is 0 Å². The molecule has 10 nitrogen and oxygen atoms in total. The Hall–Kier alpha value is -3.18. The lowest BCUT2D eigenvalue weighted by atomic mass is 9.49. The van der Waals surface area contributed by atoms with Gasteiger partial charge in [0.2, 0.25) is 0 Å². The summed E-state index contributed by atoms with van der Waals surface area (Å²) >= 11 is 0. The lowest BCUT2D eigenvalue weighted by Gasteiger charge is -2.62. The van der Waals surface area contributed by atoms with E-state index >= 15 is 0 Å². The zero-order chi connectivity index (χ0) is 31.1. The molecule has 2 aromatic carbocycles. The highest BCUT2D eigenvalue weighted by molar-refractivity contribution is 5.91. The van der Waals surface area contributed by atoms with Crippen LogP contribution in [0.1, 0.15) is 60.8 Å². The van der Waals surface area contributed by atoms with Gasteiger partial charge in [0.05, 0.1) is 36.3 Å². The summed E-state index contributed by atoms with van der Waals surface area (Å²) in [6.07, 6.45) is 3.72. The van der Waals surface area contributed by atoms with Crippen LogP contribution >= 0.6 is 0 Å². The number of hydrogen-bond donors (Lipinski definition) is 3. The summed E-state index contributed by atoms with van der Waals surface area (Å²) in [4.78, 5) is 27.5. The fourth-order valence-corrected chi connectivity index (χ4v) is 11.1. The Kier molecular flexibility index (Phi) is 5.61. The lowest BCUT2D eigenvalue weighted by molar-refractivity contribution is -0.185. The number of ether oxygens (including phenoxy) is 4. The van der Waals surface area contributed by atoms with Gasteiger partial charge in [-0.2, -0.15) is 0 Å².